The third kappa shape index (κ3) is 4.50. The molecule has 1 rings (SSSR count). The van der Waals surface area contributed by atoms with Gasteiger partial charge in [-0.25, -0.2) is 0 Å². The Bertz CT molecular complexity index is 361. The third-order valence-electron chi connectivity index (χ3n) is 2.38. The van der Waals surface area contributed by atoms with Gasteiger partial charge in [0, 0.05) is 13.2 Å². The van der Waals surface area contributed by atoms with Crippen LogP contribution >= 0.6 is 0 Å². The fourth-order valence-corrected chi connectivity index (χ4v) is 1.59. The first-order chi connectivity index (χ1) is 8.76. The Hall–Kier alpha value is -1.34. The lowest BCUT2D eigenvalue weighted by atomic mass is 10.2. The van der Waals surface area contributed by atoms with Gasteiger partial charge in [-0.2, -0.15) is 0 Å². The Balaban J connectivity index is 2.49. The van der Waals surface area contributed by atoms with E-state index in [1.54, 1.807) is 0 Å². The average Bonchev–Trinajstić information content (AvgIpc) is 2.40. The summed E-state index contributed by atoms with van der Waals surface area (Å²) in [4.78, 5) is 0. The minimum Gasteiger partial charge on any atom is -0.370 e. The first kappa shape index (κ1) is 14.7. The monoisotopic (exact) mass is 248 g/mol. The summed E-state index contributed by atoms with van der Waals surface area (Å²) < 4.78 is 16.5. The molecule has 0 saturated heterocycles. The fraction of sp³-hybridized carbons (Fsp3) is 0.467. The summed E-state index contributed by atoms with van der Waals surface area (Å²) in [6.07, 6.45) is 5.48. The largest absolute Gasteiger partial charge is 0.370 e. The van der Waals surface area contributed by atoms with Gasteiger partial charge in [0.05, 0.1) is 6.61 Å². The zero-order valence-corrected chi connectivity index (χ0v) is 11.0. The van der Waals surface area contributed by atoms with E-state index in [0.29, 0.717) is 19.8 Å². The van der Waals surface area contributed by atoms with Crippen LogP contribution in [0.1, 0.15) is 19.4 Å². The molecule has 18 heavy (non-hydrogen) atoms. The maximum Gasteiger partial charge on any atom is 0.257 e. The van der Waals surface area contributed by atoms with Gasteiger partial charge < -0.3 is 14.2 Å². The van der Waals surface area contributed by atoms with Crippen molar-refractivity contribution in [2.24, 2.45) is 0 Å². The van der Waals surface area contributed by atoms with E-state index in [9.17, 15) is 0 Å². The number of terminal acetylenes is 1. The molecule has 0 radical (unpaired) electrons. The van der Waals surface area contributed by atoms with Crippen LogP contribution in [-0.2, 0) is 20.8 Å². The van der Waals surface area contributed by atoms with E-state index in [1.807, 2.05) is 44.2 Å². The molecular weight excluding hydrogens is 228 g/mol. The predicted molar refractivity (Wildman–Crippen MR) is 70.9 cm³/mol. The van der Waals surface area contributed by atoms with E-state index in [0.717, 1.165) is 5.56 Å². The van der Waals surface area contributed by atoms with Crippen LogP contribution in [0.4, 0.5) is 0 Å². The zero-order chi connectivity index (χ0) is 13.3. The normalized spacial score (nSPS) is 11.2. The Morgan fingerprint density at radius 1 is 1.11 bits per heavy atom. The van der Waals surface area contributed by atoms with Crippen molar-refractivity contribution in [3.63, 3.8) is 0 Å². The third-order valence-corrected chi connectivity index (χ3v) is 2.38. The van der Waals surface area contributed by atoms with Gasteiger partial charge in [0.15, 0.2) is 0 Å². The molecule has 0 N–H and O–H groups in total. The van der Waals surface area contributed by atoms with Gasteiger partial charge in [0.25, 0.3) is 5.79 Å². The van der Waals surface area contributed by atoms with Gasteiger partial charge in [-0.15, -0.1) is 6.42 Å². The highest BCUT2D eigenvalue weighted by Crippen LogP contribution is 2.14. The second-order valence-electron chi connectivity index (χ2n) is 3.74. The molecule has 0 atom stereocenters. The highest BCUT2D eigenvalue weighted by atomic mass is 16.7. The second kappa shape index (κ2) is 7.88. The average molecular weight is 248 g/mol. The van der Waals surface area contributed by atoms with Crippen LogP contribution in [0.15, 0.2) is 30.3 Å². The Morgan fingerprint density at radius 2 is 1.72 bits per heavy atom. The molecule has 3 heteroatoms. The summed E-state index contributed by atoms with van der Waals surface area (Å²) in [5.41, 5.74) is 1.09. The summed E-state index contributed by atoms with van der Waals surface area (Å²) >= 11 is 0. The van der Waals surface area contributed by atoms with Crippen LogP contribution in [0.3, 0.4) is 0 Å². The first-order valence-electron chi connectivity index (χ1n) is 6.13. The van der Waals surface area contributed by atoms with Gasteiger partial charge in [-0.3, -0.25) is 0 Å². The molecule has 0 saturated carbocycles. The number of ether oxygens (including phenoxy) is 3. The molecule has 1 aromatic rings. The number of rotatable bonds is 8. The summed E-state index contributed by atoms with van der Waals surface area (Å²) in [5, 5.41) is 0. The smallest absolute Gasteiger partial charge is 0.257 e. The van der Waals surface area contributed by atoms with Crippen LogP contribution < -0.4 is 0 Å². The van der Waals surface area contributed by atoms with Crippen molar-refractivity contribution >= 4 is 0 Å². The second-order valence-corrected chi connectivity index (χ2v) is 3.74. The predicted octanol–water partition coefficient (Wildman–Crippen LogP) is 2.61. The van der Waals surface area contributed by atoms with E-state index in [1.165, 1.54) is 0 Å². The van der Waals surface area contributed by atoms with E-state index < -0.39 is 5.79 Å². The van der Waals surface area contributed by atoms with Crippen LogP contribution in [0.5, 0.6) is 0 Å². The summed E-state index contributed by atoms with van der Waals surface area (Å²) in [6, 6.07) is 9.91. The summed E-state index contributed by atoms with van der Waals surface area (Å²) in [5.74, 6) is 1.46. The van der Waals surface area contributed by atoms with Crippen molar-refractivity contribution in [3.8, 4) is 12.3 Å². The molecule has 0 fully saturated rings. The van der Waals surface area contributed by atoms with Crippen LogP contribution in [0.2, 0.25) is 0 Å². The van der Waals surface area contributed by atoms with Crippen LogP contribution in [-0.4, -0.2) is 25.6 Å². The molecule has 0 bridgehead atoms. The van der Waals surface area contributed by atoms with Crippen molar-refractivity contribution in [1.29, 1.82) is 0 Å². The maximum absolute atomic E-state index is 5.59. The van der Waals surface area contributed by atoms with Gasteiger partial charge in [-0.1, -0.05) is 30.3 Å². The Kier molecular flexibility index (Phi) is 6.45. The number of hydrogen-bond acceptors (Lipinski definition) is 3. The summed E-state index contributed by atoms with van der Waals surface area (Å²) in [7, 11) is 0. The maximum atomic E-state index is 5.59. The van der Waals surface area contributed by atoms with Gasteiger partial charge >= 0.3 is 0 Å². The zero-order valence-electron chi connectivity index (χ0n) is 11.0. The molecular formula is C15H20O3. The molecule has 0 heterocycles. The van der Waals surface area contributed by atoms with Gasteiger partial charge in [-0.05, 0) is 25.3 Å². The topological polar surface area (TPSA) is 27.7 Å². The minimum atomic E-state index is -1.07. The molecule has 0 aliphatic rings. The molecule has 0 unspecified atom stereocenters. The van der Waals surface area contributed by atoms with Crippen molar-refractivity contribution in [1.82, 2.24) is 0 Å². The van der Waals surface area contributed by atoms with Crippen molar-refractivity contribution in [3.05, 3.63) is 35.9 Å². The fourth-order valence-electron chi connectivity index (χ4n) is 1.59. The van der Waals surface area contributed by atoms with E-state index in [-0.39, 0.29) is 6.61 Å². The molecule has 3 nitrogen and oxygen atoms in total. The number of benzene rings is 1. The van der Waals surface area contributed by atoms with Crippen LogP contribution in [0.25, 0.3) is 0 Å². The number of hydrogen-bond donors (Lipinski definition) is 0. The summed E-state index contributed by atoms with van der Waals surface area (Å²) in [6.45, 7) is 5.44. The lowest BCUT2D eigenvalue weighted by molar-refractivity contribution is -0.221. The molecule has 1 aromatic carbocycles. The molecule has 0 amide bonds. The standard InChI is InChI=1S/C15H20O3/c1-4-15(17-5-2,18-6-3)13-16-12-14-10-8-7-9-11-14/h1,7-11H,5-6,12-13H2,2-3H3. The SMILES string of the molecule is C#CC(COCc1ccccc1)(OCC)OCC. The van der Waals surface area contributed by atoms with Crippen molar-refractivity contribution in [2.45, 2.75) is 26.2 Å². The first-order valence-corrected chi connectivity index (χ1v) is 6.13. The molecule has 98 valence electrons. The lowest BCUT2D eigenvalue weighted by Gasteiger charge is -2.27. The van der Waals surface area contributed by atoms with E-state index in [2.05, 4.69) is 5.92 Å². The van der Waals surface area contributed by atoms with E-state index >= 15 is 0 Å². The van der Waals surface area contributed by atoms with Crippen molar-refractivity contribution in [2.75, 3.05) is 19.8 Å². The quantitative estimate of drug-likeness (QED) is 0.523. The highest BCUT2D eigenvalue weighted by molar-refractivity contribution is 5.13. The van der Waals surface area contributed by atoms with Gasteiger partial charge in [0.1, 0.15) is 6.61 Å². The van der Waals surface area contributed by atoms with E-state index in [4.69, 9.17) is 20.6 Å². The lowest BCUT2D eigenvalue weighted by Crippen LogP contribution is -2.39. The molecule has 0 aliphatic heterocycles. The Morgan fingerprint density at radius 3 is 2.22 bits per heavy atom. The van der Waals surface area contributed by atoms with Crippen molar-refractivity contribution < 1.29 is 14.2 Å². The highest BCUT2D eigenvalue weighted by Gasteiger charge is 2.29. The van der Waals surface area contributed by atoms with Crippen LogP contribution in [0, 0.1) is 12.3 Å². The molecule has 0 aromatic heterocycles. The van der Waals surface area contributed by atoms with Gasteiger partial charge in [0.2, 0.25) is 0 Å². The minimum absolute atomic E-state index is 0.222. The molecule has 0 spiro atoms. The molecule has 0 aliphatic carbocycles. The Labute approximate surface area is 109 Å².